The third kappa shape index (κ3) is 5.05. The van der Waals surface area contributed by atoms with Crippen LogP contribution >= 0.6 is 11.3 Å². The third-order valence-corrected chi connectivity index (χ3v) is 9.85. The van der Waals surface area contributed by atoms with E-state index in [1.165, 1.54) is 53.2 Å². The molecule has 0 N–H and O–H groups in total. The molecule has 9 aromatic rings. The second kappa shape index (κ2) is 11.4. The lowest BCUT2D eigenvalue weighted by Gasteiger charge is -2.11. The highest BCUT2D eigenvalue weighted by Crippen LogP contribution is 2.39. The lowest BCUT2D eigenvalue weighted by molar-refractivity contribution is 1.08. The van der Waals surface area contributed by atoms with Crippen LogP contribution in [0.4, 0.5) is 0 Å². The summed E-state index contributed by atoms with van der Waals surface area (Å²) >= 11 is 1.81. The van der Waals surface area contributed by atoms with Crippen molar-refractivity contribution in [3.63, 3.8) is 0 Å². The van der Waals surface area contributed by atoms with Gasteiger partial charge in [-0.1, -0.05) is 146 Å². The van der Waals surface area contributed by atoms with Crippen LogP contribution in [0.25, 0.3) is 87.4 Å². The van der Waals surface area contributed by atoms with Gasteiger partial charge in [-0.3, -0.25) is 0 Å². The standard InChI is InChI=1S/C43H27N3S/c1-4-11-28(12-5-1)32-21-23-36-37-24-22-34(27-40(37)47-39(36)26-32)43-45-41(31-15-8-3-9-16-31)44-42(46-43)33-20-19-30-17-10-18-35(38(30)25-33)29-13-6-2-7-14-29/h1-27H. The Hall–Kier alpha value is -5.97. The van der Waals surface area contributed by atoms with Gasteiger partial charge in [-0.15, -0.1) is 11.3 Å². The molecule has 0 atom stereocenters. The SMILES string of the molecule is c1ccc(-c2ccc3c(c2)sc2cc(-c4nc(-c5ccccc5)nc(-c5ccc6cccc(-c7ccccc7)c6c5)n4)ccc23)cc1. The van der Waals surface area contributed by atoms with Crippen LogP contribution in [-0.4, -0.2) is 15.0 Å². The molecule has 2 aromatic heterocycles. The zero-order valence-electron chi connectivity index (χ0n) is 25.3. The maximum absolute atomic E-state index is 5.11. The van der Waals surface area contributed by atoms with Crippen molar-refractivity contribution < 1.29 is 0 Å². The lowest BCUT2D eigenvalue weighted by Crippen LogP contribution is -2.00. The average Bonchev–Trinajstić information content (AvgIpc) is 3.52. The van der Waals surface area contributed by atoms with Crippen molar-refractivity contribution in [1.29, 1.82) is 0 Å². The fraction of sp³-hybridized carbons (Fsp3) is 0. The molecule has 7 aromatic carbocycles. The van der Waals surface area contributed by atoms with Crippen molar-refractivity contribution in [3.05, 3.63) is 164 Å². The molecule has 0 aliphatic rings. The maximum Gasteiger partial charge on any atom is 0.164 e. The Labute approximate surface area is 276 Å². The van der Waals surface area contributed by atoms with Crippen LogP contribution in [0, 0.1) is 0 Å². The number of benzene rings is 7. The number of rotatable bonds is 5. The molecule has 0 spiro atoms. The minimum absolute atomic E-state index is 0.655. The molecule has 0 fully saturated rings. The van der Waals surface area contributed by atoms with E-state index in [2.05, 4.69) is 146 Å². The monoisotopic (exact) mass is 617 g/mol. The van der Waals surface area contributed by atoms with Crippen molar-refractivity contribution in [2.45, 2.75) is 0 Å². The molecule has 0 radical (unpaired) electrons. The molecule has 0 aliphatic heterocycles. The van der Waals surface area contributed by atoms with E-state index in [-0.39, 0.29) is 0 Å². The van der Waals surface area contributed by atoms with E-state index in [0.29, 0.717) is 17.5 Å². The molecule has 0 bridgehead atoms. The van der Waals surface area contributed by atoms with Crippen molar-refractivity contribution in [1.82, 2.24) is 15.0 Å². The molecule has 4 heteroatoms. The Morgan fingerprint density at radius 2 is 0.830 bits per heavy atom. The molecule has 9 rings (SSSR count). The van der Waals surface area contributed by atoms with Crippen LogP contribution in [0.5, 0.6) is 0 Å². The molecule has 0 amide bonds. The highest BCUT2D eigenvalue weighted by atomic mass is 32.1. The van der Waals surface area contributed by atoms with Crippen molar-refractivity contribution in [2.75, 3.05) is 0 Å². The topological polar surface area (TPSA) is 38.7 Å². The van der Waals surface area contributed by atoms with Gasteiger partial charge in [-0.2, -0.15) is 0 Å². The molecule has 220 valence electrons. The summed E-state index contributed by atoms with van der Waals surface area (Å²) in [7, 11) is 0. The van der Waals surface area contributed by atoms with Gasteiger partial charge in [0, 0.05) is 36.9 Å². The normalized spacial score (nSPS) is 11.4. The molecule has 3 nitrogen and oxygen atoms in total. The lowest BCUT2D eigenvalue weighted by atomic mass is 9.96. The fourth-order valence-corrected chi connectivity index (χ4v) is 7.54. The molecule has 0 saturated carbocycles. The Morgan fingerprint density at radius 1 is 0.319 bits per heavy atom. The Morgan fingerprint density at radius 3 is 1.49 bits per heavy atom. The first-order valence-corrected chi connectivity index (χ1v) is 16.5. The van der Waals surface area contributed by atoms with Gasteiger partial charge in [0.15, 0.2) is 17.5 Å². The summed E-state index contributed by atoms with van der Waals surface area (Å²) in [6.45, 7) is 0. The van der Waals surface area contributed by atoms with E-state index in [4.69, 9.17) is 15.0 Å². The van der Waals surface area contributed by atoms with E-state index in [1.807, 2.05) is 29.5 Å². The highest BCUT2D eigenvalue weighted by Gasteiger charge is 2.15. The second-order valence-electron chi connectivity index (χ2n) is 11.7. The Kier molecular flexibility index (Phi) is 6.65. The van der Waals surface area contributed by atoms with E-state index in [0.717, 1.165) is 16.7 Å². The number of nitrogens with zero attached hydrogens (tertiary/aromatic N) is 3. The first-order valence-electron chi connectivity index (χ1n) is 15.7. The van der Waals surface area contributed by atoms with Crippen LogP contribution in [-0.2, 0) is 0 Å². The first-order chi connectivity index (χ1) is 23.3. The zero-order chi connectivity index (χ0) is 31.2. The van der Waals surface area contributed by atoms with E-state index >= 15 is 0 Å². The highest BCUT2D eigenvalue weighted by molar-refractivity contribution is 7.25. The summed E-state index contributed by atoms with van der Waals surface area (Å²) in [5.74, 6) is 1.98. The van der Waals surface area contributed by atoms with Crippen LogP contribution in [0.15, 0.2) is 164 Å². The summed E-state index contributed by atoms with van der Waals surface area (Å²) in [6, 6.07) is 57.5. The van der Waals surface area contributed by atoms with Gasteiger partial charge in [-0.25, -0.2) is 15.0 Å². The summed E-state index contributed by atoms with van der Waals surface area (Å²) in [5.41, 5.74) is 7.71. The van der Waals surface area contributed by atoms with Gasteiger partial charge in [0.2, 0.25) is 0 Å². The summed E-state index contributed by atoms with van der Waals surface area (Å²) in [5, 5.41) is 4.86. The van der Waals surface area contributed by atoms with Gasteiger partial charge in [-0.05, 0) is 51.2 Å². The summed E-state index contributed by atoms with van der Waals surface area (Å²) in [4.78, 5) is 15.2. The van der Waals surface area contributed by atoms with E-state index in [1.54, 1.807) is 0 Å². The van der Waals surface area contributed by atoms with Crippen molar-refractivity contribution >= 4 is 42.3 Å². The molecular formula is C43H27N3S. The van der Waals surface area contributed by atoms with Crippen LogP contribution in [0.1, 0.15) is 0 Å². The van der Waals surface area contributed by atoms with Gasteiger partial charge in [0.05, 0.1) is 0 Å². The minimum atomic E-state index is 0.655. The zero-order valence-corrected chi connectivity index (χ0v) is 26.2. The molecular weight excluding hydrogens is 591 g/mol. The van der Waals surface area contributed by atoms with Gasteiger partial charge < -0.3 is 0 Å². The number of hydrogen-bond donors (Lipinski definition) is 0. The fourth-order valence-electron chi connectivity index (χ4n) is 6.36. The van der Waals surface area contributed by atoms with Crippen LogP contribution < -0.4 is 0 Å². The van der Waals surface area contributed by atoms with Crippen molar-refractivity contribution in [3.8, 4) is 56.4 Å². The van der Waals surface area contributed by atoms with E-state index < -0.39 is 0 Å². The average molecular weight is 618 g/mol. The summed E-state index contributed by atoms with van der Waals surface area (Å²) < 4.78 is 2.48. The summed E-state index contributed by atoms with van der Waals surface area (Å²) in [6.07, 6.45) is 0. The van der Waals surface area contributed by atoms with Crippen LogP contribution in [0.2, 0.25) is 0 Å². The quantitative estimate of drug-likeness (QED) is 0.193. The van der Waals surface area contributed by atoms with Gasteiger partial charge in [0.25, 0.3) is 0 Å². The van der Waals surface area contributed by atoms with Gasteiger partial charge in [0.1, 0.15) is 0 Å². The Bertz CT molecular complexity index is 2560. The predicted molar refractivity (Wildman–Crippen MR) is 197 cm³/mol. The largest absolute Gasteiger partial charge is 0.208 e. The van der Waals surface area contributed by atoms with E-state index in [9.17, 15) is 0 Å². The number of thiophene rings is 1. The maximum atomic E-state index is 5.11. The number of aromatic nitrogens is 3. The smallest absolute Gasteiger partial charge is 0.164 e. The van der Waals surface area contributed by atoms with Crippen molar-refractivity contribution in [2.24, 2.45) is 0 Å². The molecule has 0 saturated heterocycles. The first kappa shape index (κ1) is 27.3. The third-order valence-electron chi connectivity index (χ3n) is 8.73. The molecule has 0 aliphatic carbocycles. The van der Waals surface area contributed by atoms with Crippen LogP contribution in [0.3, 0.4) is 0 Å². The molecule has 47 heavy (non-hydrogen) atoms. The molecule has 0 unspecified atom stereocenters. The predicted octanol–water partition coefficient (Wildman–Crippen LogP) is 11.7. The second-order valence-corrected chi connectivity index (χ2v) is 12.8. The minimum Gasteiger partial charge on any atom is -0.208 e. The number of fused-ring (bicyclic) bond motifs is 4. The Balaban J connectivity index is 1.19. The van der Waals surface area contributed by atoms with Gasteiger partial charge >= 0.3 is 0 Å². The molecule has 2 heterocycles. The number of hydrogen-bond acceptors (Lipinski definition) is 4.